The molecular formula is C32H36N2O5. The van der Waals surface area contributed by atoms with Crippen molar-refractivity contribution in [2.75, 3.05) is 25.6 Å². The molecule has 7 nitrogen and oxygen atoms in total. The van der Waals surface area contributed by atoms with Crippen molar-refractivity contribution in [3.8, 4) is 5.75 Å². The fourth-order valence-electron chi connectivity index (χ4n) is 4.67. The molecule has 0 aliphatic carbocycles. The lowest BCUT2D eigenvalue weighted by Gasteiger charge is -2.15. The third-order valence-corrected chi connectivity index (χ3v) is 6.92. The third kappa shape index (κ3) is 7.71. The fraction of sp³-hybridized carbons (Fsp3) is 0.312. The summed E-state index contributed by atoms with van der Waals surface area (Å²) in [6.45, 7) is 2.57. The molecule has 1 aromatic heterocycles. The van der Waals surface area contributed by atoms with Gasteiger partial charge in [-0.1, -0.05) is 35.9 Å². The zero-order valence-corrected chi connectivity index (χ0v) is 22.8. The van der Waals surface area contributed by atoms with E-state index < -0.39 is 17.5 Å². The van der Waals surface area contributed by atoms with E-state index in [9.17, 15) is 14.8 Å². The number of aryl methyl sites for hydroxylation is 3. The normalized spacial score (nSPS) is 11.8. The smallest absolute Gasteiger partial charge is 0.339 e. The zero-order valence-electron chi connectivity index (χ0n) is 22.8. The number of fused-ring (bicyclic) bond motifs is 1. The van der Waals surface area contributed by atoms with Crippen molar-refractivity contribution in [3.63, 3.8) is 0 Å². The summed E-state index contributed by atoms with van der Waals surface area (Å²) >= 11 is 0. The summed E-state index contributed by atoms with van der Waals surface area (Å²) in [5, 5.41) is 10.1. The molecule has 4 aromatic rings. The number of hydroxylamine groups is 1. The summed E-state index contributed by atoms with van der Waals surface area (Å²) in [6.07, 6.45) is 3.05. The maximum absolute atomic E-state index is 12.6. The molecular weight excluding hydrogens is 492 g/mol. The Morgan fingerprint density at radius 1 is 1.00 bits per heavy atom. The van der Waals surface area contributed by atoms with E-state index in [2.05, 4.69) is 29.2 Å². The average molecular weight is 529 g/mol. The first-order valence-electron chi connectivity index (χ1n) is 13.3. The van der Waals surface area contributed by atoms with E-state index in [0.717, 1.165) is 35.1 Å². The lowest BCUT2D eigenvalue weighted by Crippen LogP contribution is -2.31. The van der Waals surface area contributed by atoms with E-state index in [1.807, 2.05) is 57.4 Å². The van der Waals surface area contributed by atoms with Crippen LogP contribution in [0.25, 0.3) is 11.0 Å². The van der Waals surface area contributed by atoms with E-state index in [-0.39, 0.29) is 6.42 Å². The largest absolute Gasteiger partial charge is 0.494 e. The van der Waals surface area contributed by atoms with Gasteiger partial charge in [0.15, 0.2) is 0 Å². The molecule has 0 fully saturated rings. The molecule has 1 heterocycles. The van der Waals surface area contributed by atoms with Crippen LogP contribution in [0, 0.1) is 12.8 Å². The average Bonchev–Trinajstić information content (AvgIpc) is 2.94. The lowest BCUT2D eigenvalue weighted by molar-refractivity contribution is -0.133. The number of carbonyl (C=O) groups is 1. The number of amides is 1. The van der Waals surface area contributed by atoms with Crippen LogP contribution in [0.2, 0.25) is 0 Å². The standard InChI is InChI=1S/C32H36N2O5/c1-22-9-16-30-26(18-22)21-27(32(36)39-30)20-25(31(35)33-37)13-10-24-6-4-8-29(19-24)38-17-5-7-23-11-14-28(15-12-23)34(2)3/h4,6,8-9,11-12,14-16,18-19,21,25,37H,5,7,10,13,17,20H2,1-3H3,(H,33,35). The van der Waals surface area contributed by atoms with Gasteiger partial charge in [0.1, 0.15) is 11.3 Å². The second-order valence-electron chi connectivity index (χ2n) is 10.2. The van der Waals surface area contributed by atoms with Gasteiger partial charge in [-0.2, -0.15) is 0 Å². The summed E-state index contributed by atoms with van der Waals surface area (Å²) in [7, 11) is 4.06. The number of nitrogens with one attached hydrogen (secondary N) is 1. The Morgan fingerprint density at radius 2 is 1.79 bits per heavy atom. The van der Waals surface area contributed by atoms with Crippen LogP contribution in [0.4, 0.5) is 5.69 Å². The van der Waals surface area contributed by atoms with E-state index >= 15 is 0 Å². The highest BCUT2D eigenvalue weighted by molar-refractivity contribution is 5.79. The van der Waals surface area contributed by atoms with Gasteiger partial charge in [0.25, 0.3) is 0 Å². The fourth-order valence-corrected chi connectivity index (χ4v) is 4.67. The maximum atomic E-state index is 12.6. The molecule has 3 aromatic carbocycles. The number of nitrogens with zero attached hydrogens (tertiary/aromatic N) is 1. The van der Waals surface area contributed by atoms with Crippen LogP contribution in [-0.4, -0.2) is 31.8 Å². The maximum Gasteiger partial charge on any atom is 0.339 e. The van der Waals surface area contributed by atoms with Gasteiger partial charge < -0.3 is 14.1 Å². The monoisotopic (exact) mass is 528 g/mol. The highest BCUT2D eigenvalue weighted by Gasteiger charge is 2.21. The summed E-state index contributed by atoms with van der Waals surface area (Å²) in [5.41, 5.74) is 6.74. The van der Waals surface area contributed by atoms with Crippen LogP contribution < -0.4 is 20.7 Å². The van der Waals surface area contributed by atoms with Crippen LogP contribution in [0.15, 0.2) is 82.0 Å². The van der Waals surface area contributed by atoms with Gasteiger partial charge in [-0.05, 0) is 92.6 Å². The Balaban J connectivity index is 1.33. The zero-order chi connectivity index (χ0) is 27.8. The van der Waals surface area contributed by atoms with E-state index in [1.54, 1.807) is 17.6 Å². The summed E-state index contributed by atoms with van der Waals surface area (Å²) < 4.78 is 11.4. The number of ether oxygens (including phenoxy) is 1. The predicted octanol–water partition coefficient (Wildman–Crippen LogP) is 5.48. The number of benzene rings is 3. The second-order valence-corrected chi connectivity index (χ2v) is 10.2. The van der Waals surface area contributed by atoms with E-state index in [0.29, 0.717) is 30.6 Å². The van der Waals surface area contributed by atoms with Crippen LogP contribution >= 0.6 is 0 Å². The molecule has 0 spiro atoms. The molecule has 4 rings (SSSR count). The Labute approximate surface area is 229 Å². The lowest BCUT2D eigenvalue weighted by atomic mass is 9.92. The first-order chi connectivity index (χ1) is 18.8. The van der Waals surface area contributed by atoms with Crippen molar-refractivity contribution in [2.45, 2.75) is 39.0 Å². The summed E-state index contributed by atoms with van der Waals surface area (Å²) in [6, 6.07) is 23.7. The SMILES string of the molecule is Cc1ccc2oc(=O)c(CC(CCc3cccc(OCCCc4ccc(N(C)C)cc4)c3)C(=O)NO)cc2c1. The van der Waals surface area contributed by atoms with E-state index in [4.69, 9.17) is 9.15 Å². The van der Waals surface area contributed by atoms with Crippen molar-refractivity contribution < 1.29 is 19.2 Å². The molecule has 1 atom stereocenters. The number of hydrogen-bond acceptors (Lipinski definition) is 6. The molecule has 7 heteroatoms. The topological polar surface area (TPSA) is 92.0 Å². The minimum absolute atomic E-state index is 0.171. The van der Waals surface area contributed by atoms with Crippen molar-refractivity contribution in [1.82, 2.24) is 5.48 Å². The number of hydrogen-bond donors (Lipinski definition) is 2. The highest BCUT2D eigenvalue weighted by atomic mass is 16.5. The van der Waals surface area contributed by atoms with Gasteiger partial charge in [-0.3, -0.25) is 10.0 Å². The van der Waals surface area contributed by atoms with Crippen LogP contribution in [0.1, 0.15) is 35.1 Å². The van der Waals surface area contributed by atoms with Gasteiger partial charge >= 0.3 is 5.63 Å². The third-order valence-electron chi connectivity index (χ3n) is 6.92. The number of rotatable bonds is 12. The predicted molar refractivity (Wildman–Crippen MR) is 154 cm³/mol. The molecule has 0 saturated carbocycles. The first-order valence-corrected chi connectivity index (χ1v) is 13.3. The highest BCUT2D eigenvalue weighted by Crippen LogP contribution is 2.21. The molecule has 0 bridgehead atoms. The minimum atomic E-state index is -0.594. The van der Waals surface area contributed by atoms with Crippen LogP contribution in [0.3, 0.4) is 0 Å². The molecule has 0 aliphatic rings. The second kappa shape index (κ2) is 13.1. The van der Waals surface area contributed by atoms with Crippen molar-refractivity contribution in [1.29, 1.82) is 0 Å². The Kier molecular flexibility index (Phi) is 9.39. The van der Waals surface area contributed by atoms with Gasteiger partial charge in [-0.25, -0.2) is 10.3 Å². The van der Waals surface area contributed by atoms with E-state index in [1.165, 1.54) is 11.3 Å². The number of anilines is 1. The molecule has 1 unspecified atom stereocenters. The van der Waals surface area contributed by atoms with Gasteiger partial charge in [0.05, 0.1) is 6.61 Å². The molecule has 1 amide bonds. The molecule has 0 radical (unpaired) electrons. The Bertz CT molecular complexity index is 1460. The van der Waals surface area contributed by atoms with Gasteiger partial charge in [0.2, 0.25) is 5.91 Å². The molecule has 39 heavy (non-hydrogen) atoms. The molecule has 0 saturated heterocycles. The molecule has 2 N–H and O–H groups in total. The van der Waals surface area contributed by atoms with Gasteiger partial charge in [-0.15, -0.1) is 0 Å². The Hall–Kier alpha value is -4.10. The quantitative estimate of drug-likeness (QED) is 0.110. The number of carbonyl (C=O) groups excluding carboxylic acids is 1. The van der Waals surface area contributed by atoms with Crippen LogP contribution in [-0.2, 0) is 24.1 Å². The van der Waals surface area contributed by atoms with Crippen molar-refractivity contribution in [2.24, 2.45) is 5.92 Å². The first kappa shape index (κ1) is 27.9. The van der Waals surface area contributed by atoms with Crippen molar-refractivity contribution >= 4 is 22.6 Å². The molecule has 0 aliphatic heterocycles. The molecule has 204 valence electrons. The Morgan fingerprint density at radius 3 is 2.54 bits per heavy atom. The van der Waals surface area contributed by atoms with Crippen molar-refractivity contribution in [3.05, 3.63) is 105 Å². The van der Waals surface area contributed by atoms with Crippen LogP contribution in [0.5, 0.6) is 5.75 Å². The van der Waals surface area contributed by atoms with Gasteiger partial charge in [0, 0.05) is 36.7 Å². The minimum Gasteiger partial charge on any atom is -0.494 e. The summed E-state index contributed by atoms with van der Waals surface area (Å²) in [5.74, 6) is -0.336. The summed E-state index contributed by atoms with van der Waals surface area (Å²) in [4.78, 5) is 27.1.